The predicted molar refractivity (Wildman–Crippen MR) is 117 cm³/mol. The first kappa shape index (κ1) is 19.5. The van der Waals surface area contributed by atoms with Gasteiger partial charge in [-0.15, -0.1) is 0 Å². The molecule has 0 saturated heterocycles. The van der Waals surface area contributed by atoms with E-state index in [1.165, 1.54) is 5.56 Å². The maximum Gasteiger partial charge on any atom is 0.231 e. The number of allylic oxidation sites excluding steroid dienone is 3. The molecule has 0 fully saturated rings. The van der Waals surface area contributed by atoms with E-state index in [-0.39, 0.29) is 11.5 Å². The van der Waals surface area contributed by atoms with Crippen LogP contribution in [0, 0.1) is 6.92 Å². The number of hydrogen-bond donors (Lipinski definition) is 0. The fourth-order valence-corrected chi connectivity index (χ4v) is 3.17. The first-order valence-corrected chi connectivity index (χ1v) is 9.70. The molecule has 4 heteroatoms. The zero-order valence-corrected chi connectivity index (χ0v) is 16.9. The molecule has 4 rings (SSSR count). The molecule has 3 aromatic rings. The molecule has 0 N–H and O–H groups in total. The highest BCUT2D eigenvalue weighted by atomic mass is 16.5. The highest BCUT2D eigenvalue weighted by molar-refractivity contribution is 6.12. The van der Waals surface area contributed by atoms with Crippen molar-refractivity contribution in [3.05, 3.63) is 107 Å². The standard InChI is InChI=1S/C26H22O4/c1-18-10-12-19(13-11-18)17-29-21-14-15-22-25(16-21)30-24(26(22)27)9-5-7-20-6-3-4-8-23(20)28-2/h3-16H,17H2,1-2H3/b7-5+,24-9-. The summed E-state index contributed by atoms with van der Waals surface area (Å²) in [6, 6.07) is 21.2. The van der Waals surface area contributed by atoms with Gasteiger partial charge in [0.25, 0.3) is 0 Å². The van der Waals surface area contributed by atoms with E-state index in [4.69, 9.17) is 14.2 Å². The Morgan fingerprint density at radius 1 is 1.00 bits per heavy atom. The topological polar surface area (TPSA) is 44.8 Å². The third kappa shape index (κ3) is 4.28. The van der Waals surface area contributed by atoms with Gasteiger partial charge >= 0.3 is 0 Å². The monoisotopic (exact) mass is 398 g/mol. The van der Waals surface area contributed by atoms with Gasteiger partial charge in [0.15, 0.2) is 5.76 Å². The Kier molecular flexibility index (Phi) is 5.66. The lowest BCUT2D eigenvalue weighted by Gasteiger charge is -2.07. The SMILES string of the molecule is COc1ccccc1/C=C/C=C1\Oc2cc(OCc3ccc(C)cc3)ccc2C1=O. The Hall–Kier alpha value is -3.79. The number of benzene rings is 3. The average Bonchev–Trinajstić information content (AvgIpc) is 3.08. The largest absolute Gasteiger partial charge is 0.496 e. The van der Waals surface area contributed by atoms with Crippen LogP contribution in [0.5, 0.6) is 17.2 Å². The van der Waals surface area contributed by atoms with E-state index >= 15 is 0 Å². The molecule has 0 aliphatic carbocycles. The molecule has 1 aliphatic rings. The first-order chi connectivity index (χ1) is 14.6. The molecule has 0 aromatic heterocycles. The number of fused-ring (bicyclic) bond motifs is 1. The van der Waals surface area contributed by atoms with Crippen molar-refractivity contribution in [2.24, 2.45) is 0 Å². The number of methoxy groups -OCH3 is 1. The number of carbonyl (C=O) groups excluding carboxylic acids is 1. The van der Waals surface area contributed by atoms with Gasteiger partial charge < -0.3 is 14.2 Å². The highest BCUT2D eigenvalue weighted by Crippen LogP contribution is 2.34. The lowest BCUT2D eigenvalue weighted by Crippen LogP contribution is -1.97. The first-order valence-electron chi connectivity index (χ1n) is 9.70. The Morgan fingerprint density at radius 3 is 2.60 bits per heavy atom. The second-order valence-electron chi connectivity index (χ2n) is 7.00. The molecule has 1 aliphatic heterocycles. The van der Waals surface area contributed by atoms with Crippen molar-refractivity contribution in [1.82, 2.24) is 0 Å². The zero-order chi connectivity index (χ0) is 20.9. The quantitative estimate of drug-likeness (QED) is 0.496. The lowest BCUT2D eigenvalue weighted by molar-refractivity contribution is 0.101. The molecule has 0 bridgehead atoms. The molecule has 0 spiro atoms. The molecule has 4 nitrogen and oxygen atoms in total. The molecular weight excluding hydrogens is 376 g/mol. The molecular formula is C26H22O4. The van der Waals surface area contributed by atoms with E-state index in [0.717, 1.165) is 16.9 Å². The van der Waals surface area contributed by atoms with Crippen LogP contribution in [-0.4, -0.2) is 12.9 Å². The van der Waals surface area contributed by atoms with E-state index in [1.54, 1.807) is 37.5 Å². The van der Waals surface area contributed by atoms with Crippen LogP contribution in [0.4, 0.5) is 0 Å². The highest BCUT2D eigenvalue weighted by Gasteiger charge is 2.27. The van der Waals surface area contributed by atoms with E-state index < -0.39 is 0 Å². The maximum absolute atomic E-state index is 12.6. The molecule has 150 valence electrons. The van der Waals surface area contributed by atoms with Crippen LogP contribution >= 0.6 is 0 Å². The van der Waals surface area contributed by atoms with Crippen molar-refractivity contribution in [3.8, 4) is 17.2 Å². The number of aryl methyl sites for hydroxylation is 1. The second kappa shape index (κ2) is 8.70. The molecule has 3 aromatic carbocycles. The fraction of sp³-hybridized carbons (Fsp3) is 0.115. The van der Waals surface area contributed by atoms with Gasteiger partial charge in [-0.3, -0.25) is 4.79 Å². The third-order valence-corrected chi connectivity index (χ3v) is 4.83. The van der Waals surface area contributed by atoms with Gasteiger partial charge in [0.1, 0.15) is 23.9 Å². The van der Waals surface area contributed by atoms with Gasteiger partial charge in [0.05, 0.1) is 12.7 Å². The normalized spacial score (nSPS) is 14.1. The van der Waals surface area contributed by atoms with E-state index in [0.29, 0.717) is 23.7 Å². The van der Waals surface area contributed by atoms with E-state index in [1.807, 2.05) is 42.5 Å². The van der Waals surface area contributed by atoms with Crippen molar-refractivity contribution in [2.45, 2.75) is 13.5 Å². The van der Waals surface area contributed by atoms with Crippen molar-refractivity contribution in [1.29, 1.82) is 0 Å². The molecule has 0 atom stereocenters. The number of Topliss-reactive ketones (excluding diaryl/α,β-unsaturated/α-hetero) is 1. The van der Waals surface area contributed by atoms with Crippen molar-refractivity contribution in [3.63, 3.8) is 0 Å². The summed E-state index contributed by atoms with van der Waals surface area (Å²) in [6.07, 6.45) is 5.33. The predicted octanol–water partition coefficient (Wildman–Crippen LogP) is 5.76. The minimum absolute atomic E-state index is 0.139. The van der Waals surface area contributed by atoms with Crippen molar-refractivity contribution >= 4 is 11.9 Å². The van der Waals surface area contributed by atoms with Crippen LogP contribution in [0.2, 0.25) is 0 Å². The van der Waals surface area contributed by atoms with Crippen molar-refractivity contribution in [2.75, 3.05) is 7.11 Å². The lowest BCUT2D eigenvalue weighted by atomic mass is 10.1. The summed E-state index contributed by atoms with van der Waals surface area (Å²) in [5.41, 5.74) is 3.75. The van der Waals surface area contributed by atoms with Crippen molar-refractivity contribution < 1.29 is 19.0 Å². The zero-order valence-electron chi connectivity index (χ0n) is 16.9. The summed E-state index contributed by atoms with van der Waals surface area (Å²) in [5, 5.41) is 0. The Morgan fingerprint density at radius 2 is 1.80 bits per heavy atom. The molecule has 0 saturated carbocycles. The fourth-order valence-electron chi connectivity index (χ4n) is 3.17. The van der Waals surface area contributed by atoms with Gasteiger partial charge in [0, 0.05) is 11.6 Å². The minimum Gasteiger partial charge on any atom is -0.496 e. The summed E-state index contributed by atoms with van der Waals surface area (Å²) < 4.78 is 17.0. The molecule has 0 amide bonds. The maximum atomic E-state index is 12.6. The van der Waals surface area contributed by atoms with Crippen LogP contribution in [0.1, 0.15) is 27.0 Å². The summed E-state index contributed by atoms with van der Waals surface area (Å²) >= 11 is 0. The van der Waals surface area contributed by atoms with Gasteiger partial charge in [-0.1, -0.05) is 60.2 Å². The third-order valence-electron chi connectivity index (χ3n) is 4.83. The summed E-state index contributed by atoms with van der Waals surface area (Å²) in [5.74, 6) is 2.09. The number of para-hydroxylation sites is 1. The van der Waals surface area contributed by atoms with Gasteiger partial charge in [-0.2, -0.15) is 0 Å². The summed E-state index contributed by atoms with van der Waals surface area (Å²) in [6.45, 7) is 2.51. The minimum atomic E-state index is -0.139. The molecule has 0 radical (unpaired) electrons. The van der Waals surface area contributed by atoms with Gasteiger partial charge in [0.2, 0.25) is 5.78 Å². The average molecular weight is 398 g/mol. The molecule has 0 unspecified atom stereocenters. The number of ether oxygens (including phenoxy) is 3. The smallest absolute Gasteiger partial charge is 0.231 e. The van der Waals surface area contributed by atoms with Crippen LogP contribution in [0.15, 0.2) is 84.6 Å². The number of ketones is 1. The van der Waals surface area contributed by atoms with Crippen LogP contribution in [-0.2, 0) is 6.61 Å². The summed E-state index contributed by atoms with van der Waals surface area (Å²) in [4.78, 5) is 12.6. The molecule has 30 heavy (non-hydrogen) atoms. The van der Waals surface area contributed by atoms with Crippen LogP contribution in [0.3, 0.4) is 0 Å². The van der Waals surface area contributed by atoms with Gasteiger partial charge in [-0.05, 0) is 36.8 Å². The van der Waals surface area contributed by atoms with Gasteiger partial charge in [-0.25, -0.2) is 0 Å². The van der Waals surface area contributed by atoms with Crippen LogP contribution in [0.25, 0.3) is 6.08 Å². The van der Waals surface area contributed by atoms with Crippen LogP contribution < -0.4 is 14.2 Å². The number of carbonyl (C=O) groups is 1. The number of rotatable bonds is 6. The Balaban J connectivity index is 1.45. The second-order valence-corrected chi connectivity index (χ2v) is 7.00. The molecule has 1 heterocycles. The number of hydrogen-bond acceptors (Lipinski definition) is 4. The Bertz CT molecular complexity index is 1120. The van der Waals surface area contributed by atoms with E-state index in [9.17, 15) is 4.79 Å². The summed E-state index contributed by atoms with van der Waals surface area (Å²) in [7, 11) is 1.63. The van der Waals surface area contributed by atoms with E-state index in [2.05, 4.69) is 19.1 Å². The Labute approximate surface area is 176 Å².